The number of amides is 2. The van der Waals surface area contributed by atoms with Crippen molar-refractivity contribution in [2.75, 3.05) is 6.54 Å². The summed E-state index contributed by atoms with van der Waals surface area (Å²) in [6.45, 7) is 0.938. The van der Waals surface area contributed by atoms with Crippen LogP contribution in [-0.4, -0.2) is 34.4 Å². The van der Waals surface area contributed by atoms with Crippen LogP contribution in [-0.2, 0) is 22.6 Å². The second-order valence-corrected chi connectivity index (χ2v) is 7.34. The molecule has 6 heteroatoms. The van der Waals surface area contributed by atoms with Crippen LogP contribution in [0.5, 0.6) is 5.75 Å². The predicted octanol–water partition coefficient (Wildman–Crippen LogP) is 3.14. The molecule has 3 aromatic carbocycles. The molecule has 3 aromatic rings. The van der Waals surface area contributed by atoms with Crippen molar-refractivity contribution in [3.05, 3.63) is 77.6 Å². The lowest BCUT2D eigenvalue weighted by Crippen LogP contribution is -2.37. The van der Waals surface area contributed by atoms with Crippen LogP contribution in [0.25, 0.3) is 10.8 Å². The number of likely N-dealkylation sites (tertiary alicyclic amines) is 1. The van der Waals surface area contributed by atoms with Gasteiger partial charge in [-0.15, -0.1) is 0 Å². The Bertz CT molecular complexity index is 1080. The Kier molecular flexibility index (Phi) is 5.16. The number of nitrogens with one attached hydrogen (secondary N) is 1. The van der Waals surface area contributed by atoms with Gasteiger partial charge in [-0.05, 0) is 34.0 Å². The van der Waals surface area contributed by atoms with Crippen LogP contribution in [0.1, 0.15) is 17.5 Å². The lowest BCUT2D eigenvalue weighted by molar-refractivity contribution is -0.128. The first-order valence-corrected chi connectivity index (χ1v) is 9.51. The van der Waals surface area contributed by atoms with E-state index in [0.29, 0.717) is 18.7 Å². The molecule has 4 rings (SSSR count). The van der Waals surface area contributed by atoms with Gasteiger partial charge in [0, 0.05) is 19.5 Å². The lowest BCUT2D eigenvalue weighted by Gasteiger charge is -2.18. The van der Waals surface area contributed by atoms with Gasteiger partial charge in [0.2, 0.25) is 11.8 Å². The largest absolute Gasteiger partial charge is 0.505 e. The summed E-state index contributed by atoms with van der Waals surface area (Å²) in [5, 5.41) is 14.3. The van der Waals surface area contributed by atoms with Crippen LogP contribution in [0.2, 0.25) is 0 Å². The van der Waals surface area contributed by atoms with E-state index in [1.807, 2.05) is 42.5 Å². The average Bonchev–Trinajstić information content (AvgIpc) is 3.03. The van der Waals surface area contributed by atoms with Gasteiger partial charge in [-0.2, -0.15) is 0 Å². The summed E-state index contributed by atoms with van der Waals surface area (Å²) in [6, 6.07) is 17.7. The average molecular weight is 392 g/mol. The number of rotatable bonds is 5. The molecule has 2 amide bonds. The minimum atomic E-state index is -0.757. The number of halogens is 1. The minimum Gasteiger partial charge on any atom is -0.505 e. The third kappa shape index (κ3) is 4.21. The van der Waals surface area contributed by atoms with E-state index in [2.05, 4.69) is 5.32 Å². The summed E-state index contributed by atoms with van der Waals surface area (Å²) in [5.74, 6) is -1.48. The fraction of sp³-hybridized carbons (Fsp3) is 0.217. The molecule has 0 bridgehead atoms. The quantitative estimate of drug-likeness (QED) is 0.701. The Morgan fingerprint density at radius 3 is 2.76 bits per heavy atom. The second-order valence-electron chi connectivity index (χ2n) is 7.34. The van der Waals surface area contributed by atoms with E-state index in [9.17, 15) is 19.1 Å². The maximum atomic E-state index is 13.4. The summed E-state index contributed by atoms with van der Waals surface area (Å²) in [7, 11) is 0. The van der Waals surface area contributed by atoms with Crippen molar-refractivity contribution in [1.82, 2.24) is 10.2 Å². The molecule has 0 radical (unpaired) electrons. The van der Waals surface area contributed by atoms with Gasteiger partial charge in [0.05, 0.1) is 12.5 Å². The standard InChI is InChI=1S/C23H21FN2O3/c24-20-10-15(8-9-21(20)27)11-22(28)25-18-12-23(29)26(14-18)13-17-6-3-5-16-4-1-2-7-19(16)17/h1-10,18,27H,11-14H2,(H,25,28)/t18-/m0/s1. The minimum absolute atomic E-state index is 0.00101. The zero-order valence-corrected chi connectivity index (χ0v) is 15.8. The third-order valence-electron chi connectivity index (χ3n) is 5.20. The van der Waals surface area contributed by atoms with Gasteiger partial charge < -0.3 is 15.3 Å². The van der Waals surface area contributed by atoms with Gasteiger partial charge in [-0.3, -0.25) is 9.59 Å². The Hall–Kier alpha value is -3.41. The van der Waals surface area contributed by atoms with E-state index < -0.39 is 11.6 Å². The van der Waals surface area contributed by atoms with E-state index in [0.717, 1.165) is 22.4 Å². The van der Waals surface area contributed by atoms with Crippen LogP contribution in [0, 0.1) is 5.82 Å². The molecule has 1 heterocycles. The molecule has 0 aliphatic carbocycles. The van der Waals surface area contributed by atoms with Crippen LogP contribution in [0.15, 0.2) is 60.7 Å². The van der Waals surface area contributed by atoms with E-state index in [4.69, 9.17) is 0 Å². The number of aromatic hydroxyl groups is 1. The highest BCUT2D eigenvalue weighted by atomic mass is 19.1. The topological polar surface area (TPSA) is 69.6 Å². The number of carbonyl (C=O) groups excluding carboxylic acids is 2. The van der Waals surface area contributed by atoms with Crippen molar-refractivity contribution < 1.29 is 19.1 Å². The summed E-state index contributed by atoms with van der Waals surface area (Å²) < 4.78 is 13.4. The molecule has 148 valence electrons. The smallest absolute Gasteiger partial charge is 0.225 e. The van der Waals surface area contributed by atoms with Gasteiger partial charge in [-0.25, -0.2) is 4.39 Å². The Morgan fingerprint density at radius 2 is 1.93 bits per heavy atom. The number of hydrogen-bond acceptors (Lipinski definition) is 3. The van der Waals surface area contributed by atoms with E-state index in [1.54, 1.807) is 4.90 Å². The van der Waals surface area contributed by atoms with Crippen LogP contribution < -0.4 is 5.32 Å². The number of phenols is 1. The van der Waals surface area contributed by atoms with Crippen molar-refractivity contribution in [2.45, 2.75) is 25.4 Å². The maximum absolute atomic E-state index is 13.4. The molecule has 1 saturated heterocycles. The molecule has 1 aliphatic heterocycles. The van der Waals surface area contributed by atoms with E-state index in [-0.39, 0.29) is 30.7 Å². The SMILES string of the molecule is O=C(Cc1ccc(O)c(F)c1)N[C@H]1CC(=O)N(Cc2cccc3ccccc23)C1. The molecule has 5 nitrogen and oxygen atoms in total. The van der Waals surface area contributed by atoms with Crippen molar-refractivity contribution in [3.8, 4) is 5.75 Å². The Morgan fingerprint density at radius 1 is 1.14 bits per heavy atom. The predicted molar refractivity (Wildman–Crippen MR) is 108 cm³/mol. The van der Waals surface area contributed by atoms with Gasteiger partial charge in [0.15, 0.2) is 11.6 Å². The molecule has 1 atom stereocenters. The van der Waals surface area contributed by atoms with Gasteiger partial charge in [-0.1, -0.05) is 48.5 Å². The molecule has 0 saturated carbocycles. The summed E-state index contributed by atoms with van der Waals surface area (Å²) in [6.07, 6.45) is 0.242. The number of phenolic OH excluding ortho intramolecular Hbond substituents is 1. The highest BCUT2D eigenvalue weighted by Crippen LogP contribution is 2.23. The normalized spacial score (nSPS) is 16.4. The van der Waals surface area contributed by atoms with Crippen molar-refractivity contribution >= 4 is 22.6 Å². The summed E-state index contributed by atoms with van der Waals surface area (Å²) in [5.41, 5.74) is 1.54. The third-order valence-corrected chi connectivity index (χ3v) is 5.20. The van der Waals surface area contributed by atoms with Crippen LogP contribution >= 0.6 is 0 Å². The zero-order chi connectivity index (χ0) is 20.4. The molecule has 0 spiro atoms. The lowest BCUT2D eigenvalue weighted by atomic mass is 10.0. The molecule has 1 aliphatic rings. The van der Waals surface area contributed by atoms with Gasteiger partial charge in [0.1, 0.15) is 0 Å². The summed E-state index contributed by atoms with van der Waals surface area (Å²) in [4.78, 5) is 26.5. The molecular weight excluding hydrogens is 371 g/mol. The number of hydrogen-bond donors (Lipinski definition) is 2. The van der Waals surface area contributed by atoms with Gasteiger partial charge >= 0.3 is 0 Å². The highest BCUT2D eigenvalue weighted by Gasteiger charge is 2.30. The Balaban J connectivity index is 1.38. The van der Waals surface area contributed by atoms with Crippen LogP contribution in [0.3, 0.4) is 0 Å². The zero-order valence-electron chi connectivity index (χ0n) is 15.8. The first-order valence-electron chi connectivity index (χ1n) is 9.51. The number of fused-ring (bicyclic) bond motifs is 1. The molecule has 1 fully saturated rings. The molecule has 2 N–H and O–H groups in total. The first kappa shape index (κ1) is 18.9. The fourth-order valence-corrected chi connectivity index (χ4v) is 3.78. The van der Waals surface area contributed by atoms with Crippen molar-refractivity contribution in [3.63, 3.8) is 0 Å². The van der Waals surface area contributed by atoms with Crippen molar-refractivity contribution in [2.24, 2.45) is 0 Å². The molecule has 0 unspecified atom stereocenters. The first-order chi connectivity index (χ1) is 14.0. The number of nitrogens with zero attached hydrogens (tertiary/aromatic N) is 1. The Labute approximate surface area is 167 Å². The highest BCUT2D eigenvalue weighted by molar-refractivity contribution is 5.87. The van der Waals surface area contributed by atoms with Crippen LogP contribution in [0.4, 0.5) is 4.39 Å². The maximum Gasteiger partial charge on any atom is 0.225 e. The fourth-order valence-electron chi connectivity index (χ4n) is 3.78. The van der Waals surface area contributed by atoms with Gasteiger partial charge in [0.25, 0.3) is 0 Å². The van der Waals surface area contributed by atoms with E-state index >= 15 is 0 Å². The molecular formula is C23H21FN2O3. The monoisotopic (exact) mass is 392 g/mol. The summed E-state index contributed by atoms with van der Waals surface area (Å²) >= 11 is 0. The van der Waals surface area contributed by atoms with Crippen molar-refractivity contribution in [1.29, 1.82) is 0 Å². The molecule has 29 heavy (non-hydrogen) atoms. The number of benzene rings is 3. The number of carbonyl (C=O) groups is 2. The van der Waals surface area contributed by atoms with E-state index in [1.165, 1.54) is 12.1 Å². The molecule has 0 aromatic heterocycles. The second kappa shape index (κ2) is 7.91.